The van der Waals surface area contributed by atoms with Gasteiger partial charge in [0.15, 0.2) is 5.82 Å². The van der Waals surface area contributed by atoms with Crippen LogP contribution in [0.25, 0.3) is 10.9 Å². The van der Waals surface area contributed by atoms with Crippen molar-refractivity contribution in [2.45, 2.75) is 0 Å². The van der Waals surface area contributed by atoms with E-state index in [1.54, 1.807) is 23.9 Å². The molecule has 0 bridgehead atoms. The third-order valence-corrected chi connectivity index (χ3v) is 2.01. The van der Waals surface area contributed by atoms with Crippen molar-refractivity contribution in [1.82, 2.24) is 9.78 Å². The molecule has 13 heavy (non-hydrogen) atoms. The largest absolute Gasteiger partial charge is 0.382 e. The Morgan fingerprint density at radius 2 is 2.31 bits per heavy atom. The Kier molecular flexibility index (Phi) is 1.46. The minimum atomic E-state index is 0.502. The number of nitrogen functional groups attached to an aromatic ring is 1. The van der Waals surface area contributed by atoms with Gasteiger partial charge in [-0.3, -0.25) is 4.68 Å². The van der Waals surface area contributed by atoms with Crippen molar-refractivity contribution >= 4 is 16.7 Å². The van der Waals surface area contributed by atoms with Crippen LogP contribution < -0.4 is 5.73 Å². The van der Waals surface area contributed by atoms with Crippen LogP contribution in [0.4, 0.5) is 5.82 Å². The first-order chi connectivity index (χ1) is 6.22. The summed E-state index contributed by atoms with van der Waals surface area (Å²) in [4.78, 5) is 0. The van der Waals surface area contributed by atoms with E-state index >= 15 is 0 Å². The van der Waals surface area contributed by atoms with Crippen molar-refractivity contribution in [2.75, 3.05) is 5.73 Å². The summed E-state index contributed by atoms with van der Waals surface area (Å²) in [6, 6.07) is 7.40. The van der Waals surface area contributed by atoms with Crippen molar-refractivity contribution in [3.05, 3.63) is 23.8 Å². The number of aromatic nitrogens is 2. The third kappa shape index (κ3) is 1.02. The van der Waals surface area contributed by atoms with Gasteiger partial charge in [-0.15, -0.1) is 0 Å². The van der Waals surface area contributed by atoms with E-state index in [1.807, 2.05) is 6.07 Å². The van der Waals surface area contributed by atoms with Crippen LogP contribution in [0.5, 0.6) is 0 Å². The maximum atomic E-state index is 8.68. The molecule has 0 unspecified atom stereocenters. The van der Waals surface area contributed by atoms with E-state index < -0.39 is 0 Å². The number of nitrogens with two attached hydrogens (primary N) is 1. The minimum Gasteiger partial charge on any atom is -0.382 e. The van der Waals surface area contributed by atoms with E-state index in [-0.39, 0.29) is 0 Å². The highest BCUT2D eigenvalue weighted by molar-refractivity contribution is 5.89. The molecule has 0 radical (unpaired) electrons. The molecule has 1 aromatic carbocycles. The second-order valence-corrected chi connectivity index (χ2v) is 2.85. The van der Waals surface area contributed by atoms with Crippen molar-refractivity contribution in [2.24, 2.45) is 7.05 Å². The maximum Gasteiger partial charge on any atom is 0.153 e. The monoisotopic (exact) mass is 172 g/mol. The number of anilines is 1. The van der Waals surface area contributed by atoms with Gasteiger partial charge in [-0.2, -0.15) is 10.4 Å². The molecule has 0 saturated heterocycles. The lowest BCUT2D eigenvalue weighted by molar-refractivity contribution is 0.802. The molecule has 0 aliphatic carbocycles. The highest BCUT2D eigenvalue weighted by atomic mass is 15.3. The fraction of sp³-hybridized carbons (Fsp3) is 0.111. The normalized spacial score (nSPS) is 10.2. The standard InChI is InChI=1S/C9H8N4/c1-13-8-4-6(5-10)2-3-7(8)9(11)12-13/h2-4H,1H3,(H2,11,12). The molecule has 64 valence electrons. The quantitative estimate of drug-likeness (QED) is 0.645. The number of fused-ring (bicyclic) bond motifs is 1. The molecule has 2 N–H and O–H groups in total. The molecular formula is C9H8N4. The topological polar surface area (TPSA) is 67.6 Å². The number of nitriles is 1. The molecule has 0 aliphatic rings. The molecule has 4 nitrogen and oxygen atoms in total. The summed E-state index contributed by atoms with van der Waals surface area (Å²) in [7, 11) is 1.81. The van der Waals surface area contributed by atoms with Crippen LogP contribution in [0.1, 0.15) is 5.56 Å². The van der Waals surface area contributed by atoms with Gasteiger partial charge < -0.3 is 5.73 Å². The maximum absolute atomic E-state index is 8.68. The number of nitrogens with zero attached hydrogens (tertiary/aromatic N) is 3. The molecular weight excluding hydrogens is 164 g/mol. The van der Waals surface area contributed by atoms with Crippen LogP contribution >= 0.6 is 0 Å². The predicted molar refractivity (Wildman–Crippen MR) is 49.8 cm³/mol. The molecule has 0 fully saturated rings. The summed E-state index contributed by atoms with van der Waals surface area (Å²) in [5, 5.41) is 13.6. The van der Waals surface area contributed by atoms with Crippen molar-refractivity contribution < 1.29 is 0 Å². The van der Waals surface area contributed by atoms with Crippen LogP contribution in [0.3, 0.4) is 0 Å². The van der Waals surface area contributed by atoms with Crippen molar-refractivity contribution in [1.29, 1.82) is 5.26 Å². The van der Waals surface area contributed by atoms with Crippen LogP contribution in [0, 0.1) is 11.3 Å². The Morgan fingerprint density at radius 3 is 3.00 bits per heavy atom. The first kappa shape index (κ1) is 7.62. The number of benzene rings is 1. The highest BCUT2D eigenvalue weighted by Gasteiger charge is 2.05. The zero-order chi connectivity index (χ0) is 9.42. The van der Waals surface area contributed by atoms with E-state index in [4.69, 9.17) is 11.0 Å². The molecule has 1 heterocycles. The van der Waals surface area contributed by atoms with E-state index in [1.165, 1.54) is 0 Å². The molecule has 2 rings (SSSR count). The average molecular weight is 172 g/mol. The first-order valence-electron chi connectivity index (χ1n) is 3.84. The highest BCUT2D eigenvalue weighted by Crippen LogP contribution is 2.20. The summed E-state index contributed by atoms with van der Waals surface area (Å²) in [6.07, 6.45) is 0. The van der Waals surface area contributed by atoms with Gasteiger partial charge in [0.2, 0.25) is 0 Å². The van der Waals surface area contributed by atoms with E-state index in [0.717, 1.165) is 10.9 Å². The summed E-state index contributed by atoms with van der Waals surface area (Å²) in [5.41, 5.74) is 7.16. The van der Waals surface area contributed by atoms with Crippen molar-refractivity contribution in [3.8, 4) is 6.07 Å². The Morgan fingerprint density at radius 1 is 1.54 bits per heavy atom. The van der Waals surface area contributed by atoms with Gasteiger partial charge in [0, 0.05) is 12.4 Å². The smallest absolute Gasteiger partial charge is 0.153 e. The Labute approximate surface area is 75.2 Å². The lowest BCUT2D eigenvalue weighted by Crippen LogP contribution is -1.91. The van der Waals surface area contributed by atoms with E-state index in [9.17, 15) is 0 Å². The molecule has 0 amide bonds. The molecule has 0 saturated carbocycles. The van der Waals surface area contributed by atoms with E-state index in [0.29, 0.717) is 11.4 Å². The number of aryl methyl sites for hydroxylation is 1. The molecule has 0 spiro atoms. The zero-order valence-electron chi connectivity index (χ0n) is 7.15. The van der Waals surface area contributed by atoms with Crippen LogP contribution in [0.15, 0.2) is 18.2 Å². The second-order valence-electron chi connectivity index (χ2n) is 2.85. The second kappa shape index (κ2) is 2.49. The molecule has 4 heteroatoms. The number of rotatable bonds is 0. The summed E-state index contributed by atoms with van der Waals surface area (Å²) in [5.74, 6) is 0.502. The molecule has 0 aliphatic heterocycles. The molecule has 2 aromatic rings. The fourth-order valence-corrected chi connectivity index (χ4v) is 1.35. The van der Waals surface area contributed by atoms with Gasteiger partial charge in [-0.1, -0.05) is 0 Å². The summed E-state index contributed by atoms with van der Waals surface area (Å²) < 4.78 is 1.67. The first-order valence-corrected chi connectivity index (χ1v) is 3.84. The minimum absolute atomic E-state index is 0.502. The Balaban J connectivity index is 2.86. The van der Waals surface area contributed by atoms with Crippen LogP contribution in [-0.2, 0) is 7.05 Å². The average Bonchev–Trinajstić information content (AvgIpc) is 2.42. The van der Waals surface area contributed by atoms with Gasteiger partial charge in [-0.05, 0) is 18.2 Å². The third-order valence-electron chi connectivity index (χ3n) is 2.01. The summed E-state index contributed by atoms with van der Waals surface area (Å²) in [6.45, 7) is 0. The van der Waals surface area contributed by atoms with E-state index in [2.05, 4.69) is 11.2 Å². The molecule has 0 atom stereocenters. The number of hydrogen-bond acceptors (Lipinski definition) is 3. The van der Waals surface area contributed by atoms with Gasteiger partial charge in [0.05, 0.1) is 17.1 Å². The lowest BCUT2D eigenvalue weighted by Gasteiger charge is -1.93. The van der Waals surface area contributed by atoms with Gasteiger partial charge in [-0.25, -0.2) is 0 Å². The van der Waals surface area contributed by atoms with Gasteiger partial charge >= 0.3 is 0 Å². The fourth-order valence-electron chi connectivity index (χ4n) is 1.35. The van der Waals surface area contributed by atoms with Crippen LogP contribution in [-0.4, -0.2) is 9.78 Å². The van der Waals surface area contributed by atoms with Crippen molar-refractivity contribution in [3.63, 3.8) is 0 Å². The predicted octanol–water partition coefficient (Wildman–Crippen LogP) is 1.03. The number of hydrogen-bond donors (Lipinski definition) is 1. The SMILES string of the molecule is Cn1nc(N)c2ccc(C#N)cc21. The Hall–Kier alpha value is -2.02. The lowest BCUT2D eigenvalue weighted by atomic mass is 10.2. The summed E-state index contributed by atoms with van der Waals surface area (Å²) >= 11 is 0. The van der Waals surface area contributed by atoms with Crippen LogP contribution in [0.2, 0.25) is 0 Å². The Bertz CT molecular complexity index is 504. The zero-order valence-corrected chi connectivity index (χ0v) is 7.15. The van der Waals surface area contributed by atoms with Gasteiger partial charge in [0.25, 0.3) is 0 Å². The van der Waals surface area contributed by atoms with Gasteiger partial charge in [0.1, 0.15) is 0 Å². The molecule has 1 aromatic heterocycles.